The fourth-order valence-electron chi connectivity index (χ4n) is 0.872. The summed E-state index contributed by atoms with van der Waals surface area (Å²) < 4.78 is 0. The molecule has 1 N–H and O–H groups in total. The Labute approximate surface area is 71.5 Å². The van der Waals surface area contributed by atoms with E-state index >= 15 is 0 Å². The van der Waals surface area contributed by atoms with Crippen LogP contribution in [0.3, 0.4) is 0 Å². The zero-order valence-electron chi connectivity index (χ0n) is 7.06. The Balaban J connectivity index is 4.16. The second-order valence-electron chi connectivity index (χ2n) is 2.48. The molecule has 0 heterocycles. The van der Waals surface area contributed by atoms with E-state index in [1.807, 2.05) is 0 Å². The van der Waals surface area contributed by atoms with Crippen molar-refractivity contribution < 1.29 is 14.7 Å². The maximum absolute atomic E-state index is 10.6. The summed E-state index contributed by atoms with van der Waals surface area (Å²) in [5.41, 5.74) is 0. The van der Waals surface area contributed by atoms with Gasteiger partial charge in [-0.3, -0.25) is 9.69 Å². The molecular formula is C8H13NO3. The van der Waals surface area contributed by atoms with Gasteiger partial charge < -0.3 is 9.90 Å². The minimum absolute atomic E-state index is 0.130. The van der Waals surface area contributed by atoms with E-state index < -0.39 is 12.0 Å². The Kier molecular flexibility index (Phi) is 4.96. The zero-order chi connectivity index (χ0) is 9.56. The maximum Gasteiger partial charge on any atom is 0.321 e. The van der Waals surface area contributed by atoms with Crippen molar-refractivity contribution in [3.63, 3.8) is 0 Å². The molecule has 0 saturated carbocycles. The van der Waals surface area contributed by atoms with E-state index in [4.69, 9.17) is 5.11 Å². The van der Waals surface area contributed by atoms with E-state index in [-0.39, 0.29) is 6.54 Å². The monoisotopic (exact) mass is 171 g/mol. The van der Waals surface area contributed by atoms with E-state index in [9.17, 15) is 9.59 Å². The summed E-state index contributed by atoms with van der Waals surface area (Å²) in [5, 5.41) is 8.70. The molecule has 0 radical (unpaired) electrons. The summed E-state index contributed by atoms with van der Waals surface area (Å²) in [6, 6.07) is -0.646. The summed E-state index contributed by atoms with van der Waals surface area (Å²) in [6.07, 6.45) is 2.55. The third-order valence-corrected chi connectivity index (χ3v) is 1.57. The van der Waals surface area contributed by atoms with Crippen LogP contribution in [0.25, 0.3) is 0 Å². The van der Waals surface area contributed by atoms with Crippen LogP contribution in [0, 0.1) is 0 Å². The van der Waals surface area contributed by atoms with Crippen LogP contribution in [-0.4, -0.2) is 41.9 Å². The fraction of sp³-hybridized carbons (Fsp3) is 0.500. The maximum atomic E-state index is 10.6. The highest BCUT2D eigenvalue weighted by Crippen LogP contribution is 2.01. The molecule has 0 saturated heterocycles. The minimum Gasteiger partial charge on any atom is -0.480 e. The summed E-state index contributed by atoms with van der Waals surface area (Å²) in [5.74, 6) is -0.931. The van der Waals surface area contributed by atoms with E-state index in [1.165, 1.54) is 11.0 Å². The Morgan fingerprint density at radius 2 is 2.33 bits per heavy atom. The number of likely N-dealkylation sites (N-methyl/N-ethyl adjacent to an activating group) is 1. The molecule has 0 aliphatic rings. The van der Waals surface area contributed by atoms with Gasteiger partial charge in [0, 0.05) is 0 Å². The van der Waals surface area contributed by atoms with Gasteiger partial charge in [-0.15, -0.1) is 6.58 Å². The second kappa shape index (κ2) is 5.49. The number of hydrogen-bond donors (Lipinski definition) is 1. The number of carboxylic acid groups (broad SMARTS) is 1. The highest BCUT2D eigenvalue weighted by atomic mass is 16.4. The van der Waals surface area contributed by atoms with Crippen LogP contribution in [0.4, 0.5) is 0 Å². The third kappa shape index (κ3) is 3.30. The number of nitrogens with zero attached hydrogens (tertiary/aromatic N) is 1. The number of aldehydes is 1. The van der Waals surface area contributed by atoms with Crippen molar-refractivity contribution >= 4 is 12.3 Å². The summed E-state index contributed by atoms with van der Waals surface area (Å²) in [7, 11) is 1.59. The first kappa shape index (κ1) is 10.8. The lowest BCUT2D eigenvalue weighted by Crippen LogP contribution is -2.39. The Bertz CT molecular complexity index is 179. The first-order chi connectivity index (χ1) is 5.63. The van der Waals surface area contributed by atoms with Gasteiger partial charge in [0.25, 0.3) is 0 Å². The van der Waals surface area contributed by atoms with Gasteiger partial charge in [-0.25, -0.2) is 0 Å². The molecule has 0 bridgehead atoms. The standard InChI is InChI=1S/C8H13NO3/c1-3-4-7(8(11)12)9(2)5-6-10/h3,6-7H,1,4-5H2,2H3,(H,11,12). The molecule has 12 heavy (non-hydrogen) atoms. The lowest BCUT2D eigenvalue weighted by Gasteiger charge is -2.20. The summed E-state index contributed by atoms with van der Waals surface area (Å²) in [4.78, 5) is 22.2. The fourth-order valence-corrected chi connectivity index (χ4v) is 0.872. The van der Waals surface area contributed by atoms with Gasteiger partial charge in [-0.1, -0.05) is 6.08 Å². The van der Waals surface area contributed by atoms with Crippen LogP contribution in [0.1, 0.15) is 6.42 Å². The van der Waals surface area contributed by atoms with E-state index in [2.05, 4.69) is 6.58 Å². The Morgan fingerprint density at radius 1 is 1.75 bits per heavy atom. The van der Waals surface area contributed by atoms with Crippen molar-refractivity contribution in [2.24, 2.45) is 0 Å². The van der Waals surface area contributed by atoms with Crippen molar-refractivity contribution in [2.75, 3.05) is 13.6 Å². The minimum atomic E-state index is -0.931. The summed E-state index contributed by atoms with van der Waals surface area (Å²) in [6.45, 7) is 3.58. The third-order valence-electron chi connectivity index (χ3n) is 1.57. The predicted octanol–water partition coefficient (Wildman–Crippen LogP) is 0.146. The van der Waals surface area contributed by atoms with Crippen molar-refractivity contribution in [3.8, 4) is 0 Å². The Morgan fingerprint density at radius 3 is 2.67 bits per heavy atom. The van der Waals surface area contributed by atoms with Crippen molar-refractivity contribution in [1.29, 1.82) is 0 Å². The van der Waals surface area contributed by atoms with E-state index in [1.54, 1.807) is 7.05 Å². The zero-order valence-corrected chi connectivity index (χ0v) is 7.06. The molecule has 0 aliphatic heterocycles. The quantitative estimate of drug-likeness (QED) is 0.456. The number of carbonyl (C=O) groups excluding carboxylic acids is 1. The molecular weight excluding hydrogens is 158 g/mol. The lowest BCUT2D eigenvalue weighted by atomic mass is 10.2. The molecule has 0 aromatic rings. The molecule has 4 nitrogen and oxygen atoms in total. The molecule has 0 aliphatic carbocycles. The SMILES string of the molecule is C=CCC(C(=O)O)N(C)CC=O. The van der Waals surface area contributed by atoms with Crippen molar-refractivity contribution in [2.45, 2.75) is 12.5 Å². The van der Waals surface area contributed by atoms with E-state index in [0.29, 0.717) is 12.7 Å². The van der Waals surface area contributed by atoms with Crippen molar-refractivity contribution in [1.82, 2.24) is 4.90 Å². The molecule has 0 rings (SSSR count). The van der Waals surface area contributed by atoms with Crippen LogP contribution in [0.5, 0.6) is 0 Å². The average Bonchev–Trinajstić information content (AvgIpc) is 1.99. The van der Waals surface area contributed by atoms with Crippen LogP contribution in [-0.2, 0) is 9.59 Å². The number of rotatable bonds is 6. The molecule has 0 amide bonds. The smallest absolute Gasteiger partial charge is 0.321 e. The molecule has 0 aromatic carbocycles. The van der Waals surface area contributed by atoms with Gasteiger partial charge in [0.1, 0.15) is 12.3 Å². The average molecular weight is 171 g/mol. The Hall–Kier alpha value is -1.16. The number of aliphatic carboxylic acids is 1. The normalized spacial score (nSPS) is 12.5. The lowest BCUT2D eigenvalue weighted by molar-refractivity contribution is -0.142. The first-order valence-corrected chi connectivity index (χ1v) is 3.61. The number of carboxylic acids is 1. The van der Waals surface area contributed by atoms with Gasteiger partial charge in [-0.05, 0) is 13.5 Å². The largest absolute Gasteiger partial charge is 0.480 e. The van der Waals surface area contributed by atoms with Crippen molar-refractivity contribution in [3.05, 3.63) is 12.7 Å². The van der Waals surface area contributed by atoms with Gasteiger partial charge >= 0.3 is 5.97 Å². The van der Waals surface area contributed by atoms with Crippen LogP contribution in [0.2, 0.25) is 0 Å². The molecule has 0 fully saturated rings. The highest BCUT2D eigenvalue weighted by molar-refractivity contribution is 5.74. The predicted molar refractivity (Wildman–Crippen MR) is 44.9 cm³/mol. The molecule has 1 atom stereocenters. The van der Waals surface area contributed by atoms with Crippen LogP contribution in [0.15, 0.2) is 12.7 Å². The van der Waals surface area contributed by atoms with Crippen LogP contribution >= 0.6 is 0 Å². The van der Waals surface area contributed by atoms with E-state index in [0.717, 1.165) is 0 Å². The number of hydrogen-bond acceptors (Lipinski definition) is 3. The van der Waals surface area contributed by atoms with Crippen LogP contribution < -0.4 is 0 Å². The van der Waals surface area contributed by atoms with Gasteiger partial charge in [0.2, 0.25) is 0 Å². The topological polar surface area (TPSA) is 57.6 Å². The number of carbonyl (C=O) groups is 2. The van der Waals surface area contributed by atoms with Gasteiger partial charge in [0.05, 0.1) is 6.54 Å². The first-order valence-electron chi connectivity index (χ1n) is 3.61. The molecule has 68 valence electrons. The van der Waals surface area contributed by atoms with Gasteiger partial charge in [0.15, 0.2) is 0 Å². The molecule has 0 aromatic heterocycles. The summed E-state index contributed by atoms with van der Waals surface area (Å²) >= 11 is 0. The van der Waals surface area contributed by atoms with Gasteiger partial charge in [-0.2, -0.15) is 0 Å². The molecule has 4 heteroatoms. The second-order valence-corrected chi connectivity index (χ2v) is 2.48. The molecule has 0 spiro atoms. The molecule has 1 unspecified atom stereocenters. The highest BCUT2D eigenvalue weighted by Gasteiger charge is 2.19.